The van der Waals surface area contributed by atoms with Gasteiger partial charge in [0.15, 0.2) is 11.4 Å². The van der Waals surface area contributed by atoms with E-state index < -0.39 is 29.5 Å². The van der Waals surface area contributed by atoms with Crippen molar-refractivity contribution >= 4 is 29.8 Å². The Hall–Kier alpha value is -2.41. The quantitative estimate of drug-likeness (QED) is 0.0802. The highest BCUT2D eigenvalue weighted by molar-refractivity contribution is 5.98. The summed E-state index contributed by atoms with van der Waals surface area (Å²) in [7, 11) is 1.52. The minimum Gasteiger partial charge on any atom is -0.381 e. The lowest BCUT2D eigenvalue weighted by atomic mass is 9.82. The number of epoxide rings is 1. The number of Topliss-reactive ketones (excluding diaryl/α,β-unsaturated/α-hetero) is 1. The highest BCUT2D eigenvalue weighted by Gasteiger charge is 2.54. The van der Waals surface area contributed by atoms with Gasteiger partial charge in [0.1, 0.15) is 12.3 Å². The molecule has 0 aromatic carbocycles. The first kappa shape index (κ1) is 47.7. The fourth-order valence-electron chi connectivity index (χ4n) is 5.28. The van der Waals surface area contributed by atoms with E-state index in [1.165, 1.54) is 20.0 Å². The fourth-order valence-corrected chi connectivity index (χ4v) is 5.28. The largest absolute Gasteiger partial charge is 0.381 e. The molecular weight excluding hydrogens is 614 g/mol. The van der Waals surface area contributed by atoms with Crippen molar-refractivity contribution in [2.45, 2.75) is 137 Å². The van der Waals surface area contributed by atoms with Gasteiger partial charge in [0.2, 0.25) is 17.7 Å². The average Bonchev–Trinajstić information content (AvgIpc) is 3.86. The third-order valence-corrected chi connectivity index (χ3v) is 7.56. The van der Waals surface area contributed by atoms with E-state index in [0.717, 1.165) is 70.9 Å². The van der Waals surface area contributed by atoms with Gasteiger partial charge in [-0.2, -0.15) is 0 Å². The van der Waals surface area contributed by atoms with Crippen LogP contribution in [0.1, 0.15) is 120 Å². The van der Waals surface area contributed by atoms with Crippen LogP contribution in [-0.4, -0.2) is 112 Å². The van der Waals surface area contributed by atoms with E-state index in [9.17, 15) is 24.0 Å². The van der Waals surface area contributed by atoms with Gasteiger partial charge in [-0.15, -0.1) is 0 Å². The zero-order valence-corrected chi connectivity index (χ0v) is 31.8. The molecule has 0 radical (unpaired) electrons. The smallest absolute Gasteiger partial charge is 0.242 e. The van der Waals surface area contributed by atoms with E-state index >= 15 is 0 Å². The summed E-state index contributed by atoms with van der Waals surface area (Å²) < 4.78 is 10.6. The van der Waals surface area contributed by atoms with Gasteiger partial charge in [-0.1, -0.05) is 87.0 Å². The van der Waals surface area contributed by atoms with Crippen molar-refractivity contribution in [3.63, 3.8) is 0 Å². The summed E-state index contributed by atoms with van der Waals surface area (Å²) in [4.78, 5) is 62.4. The number of ether oxygens (including phenoxy) is 2. The van der Waals surface area contributed by atoms with Crippen LogP contribution >= 0.6 is 0 Å². The van der Waals surface area contributed by atoms with Crippen molar-refractivity contribution < 1.29 is 33.4 Å². The standard InChI is InChI=1S/C26H46N4O6.C5H11NO.C3H8.C2H6/c1-5-12-30(13-6-2)16-23(32)28-19(3)25(34)27-15-22(31)29-21(14-20-10-8-7-9-11-20)24(33)26(17-35-4)18-36-26;1-2-3-6-4-5-7;1-3-2;1-2/h19-21H,5-18H2,1-4H3,(H,27,34)(H,28,32)(H,29,31);5-6H,2-4H2,1H3;3H2,1-2H3;1-2H3/t19-,21-,26+;;;/m0.../s1. The molecule has 2 fully saturated rings. The number of methoxy groups -OCH3 is 1. The Bertz CT molecular complexity index is 858. The molecular formula is C36H71N5O7. The summed E-state index contributed by atoms with van der Waals surface area (Å²) in [6.45, 7) is 19.5. The van der Waals surface area contributed by atoms with Gasteiger partial charge < -0.3 is 35.5 Å². The lowest BCUT2D eigenvalue weighted by Crippen LogP contribution is -2.53. The van der Waals surface area contributed by atoms with Gasteiger partial charge in [-0.3, -0.25) is 24.1 Å². The fraction of sp³-hybridized carbons (Fsp3) is 0.861. The lowest BCUT2D eigenvalue weighted by molar-refractivity contribution is -0.133. The molecule has 1 saturated carbocycles. The van der Waals surface area contributed by atoms with Crippen LogP contribution in [-0.2, 0) is 33.4 Å². The molecule has 282 valence electrons. The normalized spacial score (nSPS) is 17.9. The first-order valence-electron chi connectivity index (χ1n) is 18.5. The maximum absolute atomic E-state index is 13.2. The number of amides is 3. The number of rotatable bonds is 21. The van der Waals surface area contributed by atoms with Crippen LogP contribution in [0.25, 0.3) is 0 Å². The van der Waals surface area contributed by atoms with Crippen LogP contribution in [0.2, 0.25) is 0 Å². The molecule has 3 atom stereocenters. The minimum absolute atomic E-state index is 0.157. The zero-order valence-electron chi connectivity index (χ0n) is 31.8. The molecule has 12 heteroatoms. The molecule has 0 aromatic heterocycles. The van der Waals surface area contributed by atoms with Gasteiger partial charge in [0.05, 0.1) is 38.9 Å². The van der Waals surface area contributed by atoms with Crippen molar-refractivity contribution in [3.05, 3.63) is 0 Å². The van der Waals surface area contributed by atoms with Crippen molar-refractivity contribution in [2.75, 3.05) is 59.6 Å². The monoisotopic (exact) mass is 686 g/mol. The molecule has 2 rings (SSSR count). The summed E-state index contributed by atoms with van der Waals surface area (Å²) >= 11 is 0. The maximum atomic E-state index is 13.2. The van der Waals surface area contributed by atoms with E-state index in [-0.39, 0.29) is 31.4 Å². The third-order valence-electron chi connectivity index (χ3n) is 7.56. The van der Waals surface area contributed by atoms with Crippen molar-refractivity contribution in [2.24, 2.45) is 5.92 Å². The molecule has 4 N–H and O–H groups in total. The van der Waals surface area contributed by atoms with Crippen LogP contribution < -0.4 is 21.3 Å². The van der Waals surface area contributed by atoms with E-state index in [2.05, 4.69) is 60.8 Å². The predicted octanol–water partition coefficient (Wildman–Crippen LogP) is 3.80. The maximum Gasteiger partial charge on any atom is 0.242 e. The van der Waals surface area contributed by atoms with Crippen molar-refractivity contribution in [1.29, 1.82) is 0 Å². The van der Waals surface area contributed by atoms with Gasteiger partial charge in [-0.05, 0) is 58.2 Å². The molecule has 0 aromatic rings. The summed E-state index contributed by atoms with van der Waals surface area (Å²) in [5.74, 6) is -0.918. The van der Waals surface area contributed by atoms with E-state index in [1.54, 1.807) is 6.92 Å². The number of ketones is 1. The van der Waals surface area contributed by atoms with Crippen LogP contribution in [0, 0.1) is 5.92 Å². The average molecular weight is 686 g/mol. The highest BCUT2D eigenvalue weighted by Crippen LogP contribution is 2.33. The molecule has 1 aliphatic heterocycles. The minimum atomic E-state index is -0.979. The molecule has 48 heavy (non-hydrogen) atoms. The Labute approximate surface area is 292 Å². The molecule has 0 spiro atoms. The zero-order chi connectivity index (χ0) is 36.8. The summed E-state index contributed by atoms with van der Waals surface area (Å²) in [6, 6.07) is -1.46. The van der Waals surface area contributed by atoms with E-state index in [1.807, 2.05) is 13.8 Å². The highest BCUT2D eigenvalue weighted by atomic mass is 16.6. The molecule has 1 aliphatic carbocycles. The Kier molecular flexibility index (Phi) is 30.4. The number of nitrogens with zero attached hydrogens (tertiary/aromatic N) is 1. The number of carbonyl (C=O) groups is 5. The summed E-state index contributed by atoms with van der Waals surface area (Å²) in [6.07, 6.45) is 11.2. The number of nitrogens with one attached hydrogen (secondary N) is 4. The molecule has 12 nitrogen and oxygen atoms in total. The summed E-state index contributed by atoms with van der Waals surface area (Å²) in [5.41, 5.74) is -0.979. The summed E-state index contributed by atoms with van der Waals surface area (Å²) in [5, 5.41) is 11.0. The Morgan fingerprint density at radius 2 is 1.52 bits per heavy atom. The van der Waals surface area contributed by atoms with E-state index in [4.69, 9.17) is 9.47 Å². The van der Waals surface area contributed by atoms with Crippen LogP contribution in [0.5, 0.6) is 0 Å². The molecule has 1 saturated heterocycles. The molecule has 1 heterocycles. The van der Waals surface area contributed by atoms with Gasteiger partial charge in [0.25, 0.3) is 0 Å². The van der Waals surface area contributed by atoms with Crippen molar-refractivity contribution in [1.82, 2.24) is 26.2 Å². The van der Waals surface area contributed by atoms with Crippen molar-refractivity contribution in [3.8, 4) is 0 Å². The molecule has 0 unspecified atom stereocenters. The second-order valence-electron chi connectivity index (χ2n) is 12.3. The van der Waals surface area contributed by atoms with E-state index in [0.29, 0.717) is 25.5 Å². The Morgan fingerprint density at radius 3 is 2.00 bits per heavy atom. The second-order valence-corrected chi connectivity index (χ2v) is 12.3. The predicted molar refractivity (Wildman–Crippen MR) is 193 cm³/mol. The number of carbonyl (C=O) groups excluding carboxylic acids is 5. The molecule has 3 amide bonds. The number of hydrogen-bond acceptors (Lipinski definition) is 9. The SMILES string of the molecule is CC.CCC.CCCN(CCC)CC(=O)N[C@@H](C)C(=O)NCC(=O)N[C@@H](CC1CCCCC1)C(=O)[C@@]1(COC)CO1.CCCNCC=O. The van der Waals surface area contributed by atoms with Crippen LogP contribution in [0.3, 0.4) is 0 Å². The first-order chi connectivity index (χ1) is 23.1. The Morgan fingerprint density at radius 1 is 0.938 bits per heavy atom. The molecule has 2 aliphatic rings. The lowest BCUT2D eigenvalue weighted by Gasteiger charge is -2.28. The van der Waals surface area contributed by atoms with Gasteiger partial charge >= 0.3 is 0 Å². The second kappa shape index (κ2) is 30.6. The number of aldehydes is 1. The molecule has 0 bridgehead atoms. The van der Waals surface area contributed by atoms with Gasteiger partial charge in [-0.25, -0.2) is 0 Å². The Balaban J connectivity index is 0. The van der Waals surface area contributed by atoms with Crippen LogP contribution in [0.15, 0.2) is 0 Å². The first-order valence-corrected chi connectivity index (χ1v) is 18.5. The van der Waals surface area contributed by atoms with Gasteiger partial charge in [0, 0.05) is 7.11 Å². The third kappa shape index (κ3) is 22.3. The number of hydrogen-bond donors (Lipinski definition) is 4. The topological polar surface area (TPSA) is 158 Å². The van der Waals surface area contributed by atoms with Crippen LogP contribution in [0.4, 0.5) is 0 Å².